The minimum atomic E-state index is -3.84. The van der Waals surface area contributed by atoms with Gasteiger partial charge in [0.05, 0.1) is 4.90 Å². The van der Waals surface area contributed by atoms with Gasteiger partial charge in [-0.15, -0.1) is 0 Å². The summed E-state index contributed by atoms with van der Waals surface area (Å²) >= 11 is 0. The van der Waals surface area contributed by atoms with E-state index in [1.807, 2.05) is 13.8 Å². The van der Waals surface area contributed by atoms with Crippen LogP contribution in [0.1, 0.15) is 40.0 Å². The molecule has 2 rings (SSSR count). The molecule has 1 fully saturated rings. The predicted molar refractivity (Wildman–Crippen MR) is 100 cm³/mol. The standard InChI is InChI=1S/C18H27N3O4S/c1-13(2)17(18(23)21-11-5-4-6-12-21)20-26(24,25)16-9-7-15(8-10-16)19-14(3)22/h7-10,13,17,20H,4-6,11-12H2,1-3H3,(H,19,22)/t17-/m0/s1. The van der Waals surface area contributed by atoms with Crippen LogP contribution in [0.3, 0.4) is 0 Å². The molecule has 0 bridgehead atoms. The number of sulfonamides is 1. The van der Waals surface area contributed by atoms with Crippen LogP contribution >= 0.6 is 0 Å². The van der Waals surface area contributed by atoms with Crippen LogP contribution in [0, 0.1) is 5.92 Å². The normalized spacial score (nSPS) is 16.4. The fourth-order valence-electron chi connectivity index (χ4n) is 2.94. The Balaban J connectivity index is 2.15. The Kier molecular flexibility index (Phi) is 6.77. The number of hydrogen-bond donors (Lipinski definition) is 2. The van der Waals surface area contributed by atoms with E-state index in [0.717, 1.165) is 19.3 Å². The first-order valence-corrected chi connectivity index (χ1v) is 10.4. The van der Waals surface area contributed by atoms with Crippen molar-refractivity contribution in [3.63, 3.8) is 0 Å². The molecule has 7 nitrogen and oxygen atoms in total. The molecule has 2 amide bonds. The van der Waals surface area contributed by atoms with Gasteiger partial charge in [0, 0.05) is 25.7 Å². The molecular weight excluding hydrogens is 354 g/mol. The number of nitrogens with zero attached hydrogens (tertiary/aromatic N) is 1. The molecule has 8 heteroatoms. The minimum Gasteiger partial charge on any atom is -0.341 e. The lowest BCUT2D eigenvalue weighted by Gasteiger charge is -2.32. The summed E-state index contributed by atoms with van der Waals surface area (Å²) in [5.74, 6) is -0.568. The first-order chi connectivity index (χ1) is 12.2. The molecule has 1 aliphatic rings. The Hall–Kier alpha value is -1.93. The van der Waals surface area contributed by atoms with Crippen LogP contribution < -0.4 is 10.0 Å². The van der Waals surface area contributed by atoms with E-state index in [1.165, 1.54) is 31.2 Å². The number of nitrogens with one attached hydrogen (secondary N) is 2. The summed E-state index contributed by atoms with van der Waals surface area (Å²) in [4.78, 5) is 25.6. The molecule has 0 aliphatic carbocycles. The summed E-state index contributed by atoms with van der Waals surface area (Å²) in [6.45, 7) is 6.39. The van der Waals surface area contributed by atoms with Gasteiger partial charge in [-0.1, -0.05) is 13.8 Å². The van der Waals surface area contributed by atoms with E-state index in [9.17, 15) is 18.0 Å². The highest BCUT2D eigenvalue weighted by Gasteiger charge is 2.32. The quantitative estimate of drug-likeness (QED) is 0.787. The van der Waals surface area contributed by atoms with Crippen molar-refractivity contribution >= 4 is 27.5 Å². The van der Waals surface area contributed by atoms with Crippen molar-refractivity contribution in [1.82, 2.24) is 9.62 Å². The van der Waals surface area contributed by atoms with Crippen molar-refractivity contribution in [3.8, 4) is 0 Å². The Bertz CT molecular complexity index is 738. The molecule has 144 valence electrons. The predicted octanol–water partition coefficient (Wildman–Crippen LogP) is 1.96. The number of anilines is 1. The number of hydrogen-bond acceptors (Lipinski definition) is 4. The average Bonchev–Trinajstić information content (AvgIpc) is 2.59. The molecule has 1 aromatic rings. The summed E-state index contributed by atoms with van der Waals surface area (Å²) < 4.78 is 28.0. The van der Waals surface area contributed by atoms with E-state index in [-0.39, 0.29) is 22.6 Å². The summed E-state index contributed by atoms with van der Waals surface area (Å²) in [7, 11) is -3.84. The van der Waals surface area contributed by atoms with Crippen LogP contribution in [0.4, 0.5) is 5.69 Å². The van der Waals surface area contributed by atoms with Gasteiger partial charge in [-0.25, -0.2) is 8.42 Å². The van der Waals surface area contributed by atoms with Crippen LogP contribution in [0.15, 0.2) is 29.2 Å². The maximum Gasteiger partial charge on any atom is 0.241 e. The number of piperidine rings is 1. The van der Waals surface area contributed by atoms with Crippen molar-refractivity contribution in [3.05, 3.63) is 24.3 Å². The van der Waals surface area contributed by atoms with Gasteiger partial charge in [0.15, 0.2) is 0 Å². The minimum absolute atomic E-state index is 0.0590. The fraction of sp³-hybridized carbons (Fsp3) is 0.556. The van der Waals surface area contributed by atoms with Gasteiger partial charge in [0.2, 0.25) is 21.8 Å². The zero-order valence-corrected chi connectivity index (χ0v) is 16.3. The Morgan fingerprint density at radius 3 is 2.12 bits per heavy atom. The molecule has 1 heterocycles. The van der Waals surface area contributed by atoms with Gasteiger partial charge < -0.3 is 10.2 Å². The van der Waals surface area contributed by atoms with Gasteiger partial charge in [-0.05, 0) is 49.4 Å². The van der Waals surface area contributed by atoms with Crippen LogP contribution in [0.2, 0.25) is 0 Å². The number of likely N-dealkylation sites (tertiary alicyclic amines) is 1. The highest BCUT2D eigenvalue weighted by atomic mass is 32.2. The molecule has 0 radical (unpaired) electrons. The fourth-order valence-corrected chi connectivity index (χ4v) is 4.28. The number of carbonyl (C=O) groups excluding carboxylic acids is 2. The summed E-state index contributed by atoms with van der Waals surface area (Å²) in [5.41, 5.74) is 0.515. The van der Waals surface area contributed by atoms with Crippen LogP contribution in [0.5, 0.6) is 0 Å². The molecule has 0 aromatic heterocycles. The van der Waals surface area contributed by atoms with Crippen molar-refractivity contribution in [1.29, 1.82) is 0 Å². The molecule has 1 saturated heterocycles. The maximum absolute atomic E-state index is 12.8. The van der Waals surface area contributed by atoms with Gasteiger partial charge in [-0.3, -0.25) is 9.59 Å². The molecule has 1 aliphatic heterocycles. The van der Waals surface area contributed by atoms with Crippen molar-refractivity contribution in [2.24, 2.45) is 5.92 Å². The van der Waals surface area contributed by atoms with E-state index in [2.05, 4.69) is 10.0 Å². The third kappa shape index (κ3) is 5.28. The third-order valence-corrected chi connectivity index (χ3v) is 5.82. The largest absolute Gasteiger partial charge is 0.341 e. The van der Waals surface area contributed by atoms with Crippen molar-refractivity contribution in [2.45, 2.75) is 51.0 Å². The van der Waals surface area contributed by atoms with Gasteiger partial charge in [-0.2, -0.15) is 4.72 Å². The van der Waals surface area contributed by atoms with Gasteiger partial charge >= 0.3 is 0 Å². The Morgan fingerprint density at radius 1 is 1.04 bits per heavy atom. The summed E-state index contributed by atoms with van der Waals surface area (Å²) in [6, 6.07) is 5.07. The number of rotatable bonds is 6. The average molecular weight is 381 g/mol. The van der Waals surface area contributed by atoms with Gasteiger partial charge in [0.1, 0.15) is 6.04 Å². The van der Waals surface area contributed by atoms with Crippen molar-refractivity contribution in [2.75, 3.05) is 18.4 Å². The van der Waals surface area contributed by atoms with E-state index in [0.29, 0.717) is 18.8 Å². The second-order valence-electron chi connectivity index (χ2n) is 6.93. The number of benzene rings is 1. The smallest absolute Gasteiger partial charge is 0.241 e. The summed E-state index contributed by atoms with van der Waals surface area (Å²) in [5, 5.41) is 2.59. The number of amides is 2. The van der Waals surface area contributed by atoms with E-state index in [1.54, 1.807) is 4.90 Å². The molecule has 0 spiro atoms. The highest BCUT2D eigenvalue weighted by Crippen LogP contribution is 2.18. The zero-order chi connectivity index (χ0) is 19.3. The second kappa shape index (κ2) is 8.64. The first kappa shape index (κ1) is 20.4. The molecule has 1 atom stereocenters. The topological polar surface area (TPSA) is 95.6 Å². The Morgan fingerprint density at radius 2 is 1.62 bits per heavy atom. The lowest BCUT2D eigenvalue weighted by molar-refractivity contribution is -0.134. The lowest BCUT2D eigenvalue weighted by Crippen LogP contribution is -2.52. The molecule has 26 heavy (non-hydrogen) atoms. The molecule has 0 saturated carbocycles. The van der Waals surface area contributed by atoms with E-state index in [4.69, 9.17) is 0 Å². The zero-order valence-electron chi connectivity index (χ0n) is 15.5. The molecule has 1 aromatic carbocycles. The molecule has 0 unspecified atom stereocenters. The first-order valence-electron chi connectivity index (χ1n) is 8.89. The third-order valence-electron chi connectivity index (χ3n) is 4.37. The lowest BCUT2D eigenvalue weighted by atomic mass is 10.0. The van der Waals surface area contributed by atoms with Crippen molar-refractivity contribution < 1.29 is 18.0 Å². The Labute approximate surface area is 155 Å². The van der Waals surface area contributed by atoms with E-state index < -0.39 is 16.1 Å². The second-order valence-corrected chi connectivity index (χ2v) is 8.65. The van der Waals surface area contributed by atoms with E-state index >= 15 is 0 Å². The summed E-state index contributed by atoms with van der Waals surface area (Å²) in [6.07, 6.45) is 3.00. The molecular formula is C18H27N3O4S. The maximum atomic E-state index is 12.8. The van der Waals surface area contributed by atoms with Crippen LogP contribution in [0.25, 0.3) is 0 Å². The van der Waals surface area contributed by atoms with Gasteiger partial charge in [0.25, 0.3) is 0 Å². The molecule has 2 N–H and O–H groups in total. The van der Waals surface area contributed by atoms with Crippen LogP contribution in [-0.4, -0.2) is 44.3 Å². The van der Waals surface area contributed by atoms with Crippen LogP contribution in [-0.2, 0) is 19.6 Å². The monoisotopic (exact) mass is 381 g/mol. The number of carbonyl (C=O) groups is 2. The SMILES string of the molecule is CC(=O)Nc1ccc(S(=O)(=O)N[C@H](C(=O)N2CCCCC2)C(C)C)cc1. The highest BCUT2D eigenvalue weighted by molar-refractivity contribution is 7.89.